The molecule has 1 amide bonds. The monoisotopic (exact) mass is 635 g/mol. The number of amides is 1. The molecule has 0 unspecified atom stereocenters. The number of alkyl halides is 3. The Morgan fingerprint density at radius 3 is 2.15 bits per heavy atom. The van der Waals surface area contributed by atoms with Gasteiger partial charge in [0.05, 0.1) is 16.7 Å². The number of hydrogen-bond donors (Lipinski definition) is 0. The summed E-state index contributed by atoms with van der Waals surface area (Å²) in [5, 5.41) is 5.75. The number of halogens is 3. The number of ether oxygens (including phenoxy) is 2. The fourth-order valence-electron chi connectivity index (χ4n) is 5.70. The molecule has 0 bridgehead atoms. The van der Waals surface area contributed by atoms with E-state index in [1.165, 1.54) is 12.1 Å². The van der Waals surface area contributed by atoms with Crippen molar-refractivity contribution in [3.8, 4) is 11.5 Å². The van der Waals surface area contributed by atoms with Crippen LogP contribution in [0.15, 0.2) is 66.9 Å². The predicted molar refractivity (Wildman–Crippen MR) is 170 cm³/mol. The summed E-state index contributed by atoms with van der Waals surface area (Å²) in [7, 11) is 0. The fourth-order valence-corrected chi connectivity index (χ4v) is 5.70. The van der Waals surface area contributed by atoms with Gasteiger partial charge in [-0.2, -0.15) is 18.3 Å². The van der Waals surface area contributed by atoms with Crippen LogP contribution in [0.3, 0.4) is 0 Å². The molecule has 46 heavy (non-hydrogen) atoms. The second kappa shape index (κ2) is 13.7. The maximum atomic E-state index is 13.2. The summed E-state index contributed by atoms with van der Waals surface area (Å²) in [4.78, 5) is 27.9. The van der Waals surface area contributed by atoms with E-state index in [1.807, 2.05) is 55.6 Å². The average Bonchev–Trinajstić information content (AvgIpc) is 3.43. The summed E-state index contributed by atoms with van der Waals surface area (Å²) >= 11 is 0. The Bertz CT molecular complexity index is 1660. The number of aryl methyl sites for hydroxylation is 1. The Morgan fingerprint density at radius 1 is 0.913 bits per heavy atom. The van der Waals surface area contributed by atoms with Gasteiger partial charge in [-0.05, 0) is 119 Å². The average molecular weight is 636 g/mol. The van der Waals surface area contributed by atoms with Crippen molar-refractivity contribution < 1.29 is 32.2 Å². The van der Waals surface area contributed by atoms with Crippen molar-refractivity contribution in [1.82, 2.24) is 14.7 Å². The Morgan fingerprint density at radius 2 is 1.54 bits per heavy atom. The quantitative estimate of drug-likeness (QED) is 0.129. The van der Waals surface area contributed by atoms with Crippen molar-refractivity contribution in [1.29, 1.82) is 0 Å². The first-order chi connectivity index (χ1) is 21.8. The van der Waals surface area contributed by atoms with Gasteiger partial charge < -0.3 is 14.4 Å². The molecule has 1 fully saturated rings. The number of benzene rings is 3. The zero-order chi connectivity index (χ0) is 33.1. The smallest absolute Gasteiger partial charge is 0.416 e. The van der Waals surface area contributed by atoms with E-state index in [-0.39, 0.29) is 23.0 Å². The first kappa shape index (κ1) is 33.2. The largest absolute Gasteiger partial charge is 0.457 e. The standard InChI is InChI=1S/C36H40F3N3O4/c1-24-30(33(43)6-5-21-45-35(2,3)4)15-16-32-31(24)23-42(40-32)22-25-17-19-41(20-18-25)34(44)26-7-11-28(12-8-26)46-29-13-9-27(10-14-29)36(37,38)39/h7-16,23,25H,5-6,17-22H2,1-4H3. The molecular weight excluding hydrogens is 595 g/mol. The van der Waals surface area contributed by atoms with Crippen LogP contribution in [0.4, 0.5) is 13.2 Å². The summed E-state index contributed by atoms with van der Waals surface area (Å²) in [5.41, 5.74) is 2.11. The summed E-state index contributed by atoms with van der Waals surface area (Å²) in [6.45, 7) is 10.5. The van der Waals surface area contributed by atoms with Crippen LogP contribution < -0.4 is 4.74 Å². The van der Waals surface area contributed by atoms with Gasteiger partial charge in [-0.1, -0.05) is 0 Å². The number of ketones is 1. The molecule has 4 aromatic rings. The predicted octanol–water partition coefficient (Wildman–Crippen LogP) is 8.49. The van der Waals surface area contributed by atoms with Crippen molar-refractivity contribution in [2.75, 3.05) is 19.7 Å². The first-order valence-electron chi connectivity index (χ1n) is 15.7. The van der Waals surface area contributed by atoms with Crippen LogP contribution in [0, 0.1) is 12.8 Å². The van der Waals surface area contributed by atoms with Crippen LogP contribution in [0.2, 0.25) is 0 Å². The number of hydrogen-bond acceptors (Lipinski definition) is 5. The van der Waals surface area contributed by atoms with Crippen molar-refractivity contribution in [3.63, 3.8) is 0 Å². The van der Waals surface area contributed by atoms with Gasteiger partial charge in [0.1, 0.15) is 11.5 Å². The highest BCUT2D eigenvalue weighted by molar-refractivity contribution is 6.01. The number of likely N-dealkylation sites (tertiary alicyclic amines) is 1. The molecule has 1 aromatic heterocycles. The minimum Gasteiger partial charge on any atom is -0.457 e. The molecule has 0 atom stereocenters. The number of fused-ring (bicyclic) bond motifs is 1. The van der Waals surface area contributed by atoms with E-state index in [4.69, 9.17) is 14.6 Å². The molecule has 10 heteroatoms. The number of Topliss-reactive ketones (excluding diaryl/α,β-unsaturated/α-hetero) is 1. The number of piperidine rings is 1. The van der Waals surface area contributed by atoms with Crippen LogP contribution in [0.5, 0.6) is 11.5 Å². The summed E-state index contributed by atoms with van der Waals surface area (Å²) in [5.74, 6) is 1.12. The number of carbonyl (C=O) groups excluding carboxylic acids is 2. The normalized spacial score (nSPS) is 14.5. The summed E-state index contributed by atoms with van der Waals surface area (Å²) in [6.07, 6.45) is 0.425. The molecule has 2 heterocycles. The Hall–Kier alpha value is -4.18. The van der Waals surface area contributed by atoms with Gasteiger partial charge in [-0.15, -0.1) is 0 Å². The van der Waals surface area contributed by atoms with Gasteiger partial charge in [0.2, 0.25) is 0 Å². The third-order valence-electron chi connectivity index (χ3n) is 8.26. The Kier molecular flexibility index (Phi) is 9.86. The van der Waals surface area contributed by atoms with Gasteiger partial charge in [0.25, 0.3) is 5.91 Å². The zero-order valence-corrected chi connectivity index (χ0v) is 26.7. The molecule has 244 valence electrons. The highest BCUT2D eigenvalue weighted by Crippen LogP contribution is 2.32. The molecule has 0 radical (unpaired) electrons. The van der Waals surface area contributed by atoms with E-state index in [0.717, 1.165) is 53.5 Å². The number of carbonyl (C=O) groups is 2. The fraction of sp³-hybridized carbons (Fsp3) is 0.417. The molecule has 3 aromatic carbocycles. The van der Waals surface area contributed by atoms with Crippen LogP contribution >= 0.6 is 0 Å². The van der Waals surface area contributed by atoms with Crippen LogP contribution in [0.1, 0.15) is 78.3 Å². The van der Waals surface area contributed by atoms with Crippen LogP contribution in [0.25, 0.3) is 10.9 Å². The van der Waals surface area contributed by atoms with Gasteiger partial charge in [0, 0.05) is 55.4 Å². The van der Waals surface area contributed by atoms with Crippen LogP contribution in [-0.4, -0.2) is 51.7 Å². The molecule has 5 rings (SSSR count). The van der Waals surface area contributed by atoms with Crippen molar-refractivity contribution in [2.24, 2.45) is 5.92 Å². The van der Waals surface area contributed by atoms with Crippen LogP contribution in [-0.2, 0) is 17.5 Å². The highest BCUT2D eigenvalue weighted by atomic mass is 19.4. The van der Waals surface area contributed by atoms with Crippen molar-refractivity contribution in [3.05, 3.63) is 89.1 Å². The molecule has 7 nitrogen and oxygen atoms in total. The summed E-state index contributed by atoms with van der Waals surface area (Å²) in [6, 6.07) is 14.9. The first-order valence-corrected chi connectivity index (χ1v) is 15.7. The maximum absolute atomic E-state index is 13.2. The SMILES string of the molecule is Cc1c(C(=O)CCCOC(C)(C)C)ccc2nn(CC3CCN(C(=O)c4ccc(Oc5ccc(C(F)(F)F)cc5)cc4)CC3)cc12. The molecule has 0 N–H and O–H groups in total. The summed E-state index contributed by atoms with van der Waals surface area (Å²) < 4.78 is 51.7. The number of rotatable bonds is 10. The number of nitrogens with zero attached hydrogens (tertiary/aromatic N) is 3. The molecule has 1 aliphatic rings. The molecule has 0 spiro atoms. The van der Waals surface area contributed by atoms with E-state index >= 15 is 0 Å². The van der Waals surface area contributed by atoms with Crippen molar-refractivity contribution >= 4 is 22.6 Å². The highest BCUT2D eigenvalue weighted by Gasteiger charge is 2.30. The molecule has 1 aliphatic heterocycles. The third kappa shape index (κ3) is 8.34. The van der Waals surface area contributed by atoms with E-state index in [0.29, 0.717) is 49.8 Å². The Balaban J connectivity index is 1.12. The zero-order valence-electron chi connectivity index (χ0n) is 26.7. The lowest BCUT2D eigenvalue weighted by atomic mass is 9.96. The van der Waals surface area contributed by atoms with E-state index < -0.39 is 11.7 Å². The maximum Gasteiger partial charge on any atom is 0.416 e. The lowest BCUT2D eigenvalue weighted by Gasteiger charge is -2.32. The van der Waals surface area contributed by atoms with Gasteiger partial charge in [-0.3, -0.25) is 14.3 Å². The minimum absolute atomic E-state index is 0.0675. The molecule has 0 saturated carbocycles. The van der Waals surface area contributed by atoms with Gasteiger partial charge in [0.15, 0.2) is 5.78 Å². The lowest BCUT2D eigenvalue weighted by molar-refractivity contribution is -0.137. The molecule has 1 saturated heterocycles. The van der Waals surface area contributed by atoms with Crippen molar-refractivity contribution in [2.45, 2.75) is 71.7 Å². The van der Waals surface area contributed by atoms with E-state index in [1.54, 1.807) is 24.3 Å². The Labute approximate surface area is 267 Å². The van der Waals surface area contributed by atoms with Gasteiger partial charge >= 0.3 is 6.18 Å². The van der Waals surface area contributed by atoms with E-state index in [9.17, 15) is 22.8 Å². The lowest BCUT2D eigenvalue weighted by Crippen LogP contribution is -2.39. The second-order valence-electron chi connectivity index (χ2n) is 12.9. The third-order valence-corrected chi connectivity index (χ3v) is 8.26. The minimum atomic E-state index is -4.41. The molecular formula is C36H40F3N3O4. The molecule has 0 aliphatic carbocycles. The van der Waals surface area contributed by atoms with Gasteiger partial charge in [-0.25, -0.2) is 0 Å². The van der Waals surface area contributed by atoms with E-state index in [2.05, 4.69) is 0 Å². The topological polar surface area (TPSA) is 73.7 Å². The second-order valence-corrected chi connectivity index (χ2v) is 12.9. The number of aromatic nitrogens is 2.